The smallest absolute Gasteiger partial charge is 0.227 e. The summed E-state index contributed by atoms with van der Waals surface area (Å²) in [6, 6.07) is 15.0. The average Bonchev–Trinajstić information content (AvgIpc) is 3.09. The fourth-order valence-electron chi connectivity index (χ4n) is 2.75. The van der Waals surface area contributed by atoms with Gasteiger partial charge in [-0.25, -0.2) is 0 Å². The topological polar surface area (TPSA) is 68.0 Å². The number of amides is 1. The highest BCUT2D eigenvalue weighted by atomic mass is 35.5. The zero-order chi connectivity index (χ0) is 19.4. The van der Waals surface area contributed by atoms with Crippen molar-refractivity contribution in [2.75, 3.05) is 5.32 Å². The molecule has 0 fully saturated rings. The van der Waals surface area contributed by atoms with E-state index in [4.69, 9.17) is 16.1 Å². The maximum Gasteiger partial charge on any atom is 0.227 e. The first-order valence-electron chi connectivity index (χ1n) is 8.81. The highest BCUT2D eigenvalue weighted by Crippen LogP contribution is 2.29. The van der Waals surface area contributed by atoms with Crippen molar-refractivity contribution in [3.05, 3.63) is 65.0 Å². The Morgan fingerprint density at radius 1 is 1.11 bits per heavy atom. The molecule has 0 radical (unpaired) electrons. The standard InChI is InChI=1S/C21H22ClN3O2/c1-21(2,3)16-6-4-5-7-17(16)23-18(26)12-13-19-24-20(25-27-19)14-8-10-15(22)11-9-14/h4-11H,12-13H2,1-3H3,(H,23,26). The van der Waals surface area contributed by atoms with Gasteiger partial charge < -0.3 is 9.84 Å². The number of rotatable bonds is 5. The van der Waals surface area contributed by atoms with Crippen molar-refractivity contribution < 1.29 is 9.32 Å². The molecule has 0 saturated heterocycles. The van der Waals surface area contributed by atoms with Crippen LogP contribution in [0.1, 0.15) is 38.6 Å². The van der Waals surface area contributed by atoms with Crippen LogP contribution >= 0.6 is 11.6 Å². The summed E-state index contributed by atoms with van der Waals surface area (Å²) in [4.78, 5) is 16.7. The molecule has 0 saturated carbocycles. The lowest BCUT2D eigenvalue weighted by Crippen LogP contribution is -2.18. The minimum atomic E-state index is -0.0852. The van der Waals surface area contributed by atoms with Gasteiger partial charge in [-0.3, -0.25) is 4.79 Å². The van der Waals surface area contributed by atoms with E-state index in [1.165, 1.54) is 0 Å². The van der Waals surface area contributed by atoms with E-state index in [-0.39, 0.29) is 17.7 Å². The Bertz CT molecular complexity index is 927. The average molecular weight is 384 g/mol. The van der Waals surface area contributed by atoms with Crippen molar-refractivity contribution in [1.82, 2.24) is 10.1 Å². The van der Waals surface area contributed by atoms with Crippen LogP contribution in [0.3, 0.4) is 0 Å². The number of halogens is 1. The third kappa shape index (κ3) is 4.95. The lowest BCUT2D eigenvalue weighted by molar-refractivity contribution is -0.116. The predicted molar refractivity (Wildman–Crippen MR) is 107 cm³/mol. The van der Waals surface area contributed by atoms with E-state index in [0.717, 1.165) is 16.8 Å². The Morgan fingerprint density at radius 2 is 1.81 bits per heavy atom. The molecule has 140 valence electrons. The van der Waals surface area contributed by atoms with E-state index in [9.17, 15) is 4.79 Å². The molecule has 1 amide bonds. The molecule has 0 aliphatic carbocycles. The molecular formula is C21H22ClN3O2. The monoisotopic (exact) mass is 383 g/mol. The predicted octanol–water partition coefficient (Wildman–Crippen LogP) is 5.26. The van der Waals surface area contributed by atoms with Gasteiger partial charge in [0, 0.05) is 29.1 Å². The second-order valence-corrected chi connectivity index (χ2v) is 7.80. The van der Waals surface area contributed by atoms with Gasteiger partial charge in [-0.1, -0.05) is 55.7 Å². The Morgan fingerprint density at radius 3 is 2.52 bits per heavy atom. The van der Waals surface area contributed by atoms with Gasteiger partial charge in [0.05, 0.1) is 0 Å². The van der Waals surface area contributed by atoms with Crippen LogP contribution < -0.4 is 5.32 Å². The summed E-state index contributed by atoms with van der Waals surface area (Å²) >= 11 is 5.89. The van der Waals surface area contributed by atoms with Crippen molar-refractivity contribution in [3.63, 3.8) is 0 Å². The molecule has 1 N–H and O–H groups in total. The Hall–Kier alpha value is -2.66. The number of carbonyl (C=O) groups excluding carboxylic acids is 1. The number of aromatic nitrogens is 2. The van der Waals surface area contributed by atoms with Crippen LogP contribution in [-0.4, -0.2) is 16.0 Å². The Kier molecular flexibility index (Phi) is 5.61. The van der Waals surface area contributed by atoms with E-state index in [2.05, 4.69) is 36.2 Å². The molecule has 1 aromatic heterocycles. The normalized spacial score (nSPS) is 11.4. The molecule has 5 nitrogen and oxygen atoms in total. The number of hydrogen-bond donors (Lipinski definition) is 1. The van der Waals surface area contributed by atoms with E-state index < -0.39 is 0 Å². The van der Waals surface area contributed by atoms with Gasteiger partial charge in [0.1, 0.15) is 0 Å². The maximum atomic E-state index is 12.4. The first-order valence-corrected chi connectivity index (χ1v) is 9.18. The summed E-state index contributed by atoms with van der Waals surface area (Å²) in [5.41, 5.74) is 2.70. The first-order chi connectivity index (χ1) is 12.8. The van der Waals surface area contributed by atoms with Crippen molar-refractivity contribution in [3.8, 4) is 11.4 Å². The summed E-state index contributed by atoms with van der Waals surface area (Å²) in [7, 11) is 0. The van der Waals surface area contributed by atoms with Crippen LogP contribution in [0.15, 0.2) is 53.1 Å². The van der Waals surface area contributed by atoms with E-state index in [1.54, 1.807) is 12.1 Å². The lowest BCUT2D eigenvalue weighted by Gasteiger charge is -2.22. The molecule has 3 rings (SSSR count). The van der Waals surface area contributed by atoms with Crippen LogP contribution in [0.25, 0.3) is 11.4 Å². The van der Waals surface area contributed by atoms with Crippen molar-refractivity contribution >= 4 is 23.2 Å². The van der Waals surface area contributed by atoms with Gasteiger partial charge in [-0.2, -0.15) is 4.98 Å². The fourth-order valence-corrected chi connectivity index (χ4v) is 2.88. The molecule has 0 bridgehead atoms. The highest BCUT2D eigenvalue weighted by molar-refractivity contribution is 6.30. The fraction of sp³-hybridized carbons (Fsp3) is 0.286. The molecule has 0 unspecified atom stereocenters. The highest BCUT2D eigenvalue weighted by Gasteiger charge is 2.19. The quantitative estimate of drug-likeness (QED) is 0.652. The number of para-hydroxylation sites is 1. The second-order valence-electron chi connectivity index (χ2n) is 7.36. The van der Waals surface area contributed by atoms with Crippen molar-refractivity contribution in [1.29, 1.82) is 0 Å². The van der Waals surface area contributed by atoms with E-state index in [0.29, 0.717) is 23.2 Å². The summed E-state index contributed by atoms with van der Waals surface area (Å²) in [5, 5.41) is 7.60. The number of nitrogens with one attached hydrogen (secondary N) is 1. The molecule has 0 aliphatic rings. The van der Waals surface area contributed by atoms with E-state index >= 15 is 0 Å². The first kappa shape index (κ1) is 19.1. The lowest BCUT2D eigenvalue weighted by atomic mass is 9.86. The summed E-state index contributed by atoms with van der Waals surface area (Å²) in [6.45, 7) is 6.36. The Balaban J connectivity index is 1.61. The maximum absolute atomic E-state index is 12.4. The zero-order valence-electron chi connectivity index (χ0n) is 15.6. The van der Waals surface area contributed by atoms with Crippen molar-refractivity contribution in [2.45, 2.75) is 39.0 Å². The van der Waals surface area contributed by atoms with Crippen LogP contribution in [0, 0.1) is 0 Å². The number of anilines is 1. The van der Waals surface area contributed by atoms with Crippen LogP contribution in [0.5, 0.6) is 0 Å². The van der Waals surface area contributed by atoms with Gasteiger partial charge in [-0.05, 0) is 41.3 Å². The molecular weight excluding hydrogens is 362 g/mol. The zero-order valence-corrected chi connectivity index (χ0v) is 16.4. The molecule has 6 heteroatoms. The van der Waals surface area contributed by atoms with Gasteiger partial charge >= 0.3 is 0 Å². The van der Waals surface area contributed by atoms with Gasteiger partial charge in [0.2, 0.25) is 17.6 Å². The molecule has 1 heterocycles. The van der Waals surface area contributed by atoms with Crippen LogP contribution in [-0.2, 0) is 16.6 Å². The van der Waals surface area contributed by atoms with Crippen LogP contribution in [0.2, 0.25) is 5.02 Å². The third-order valence-corrected chi connectivity index (χ3v) is 4.40. The van der Waals surface area contributed by atoms with Crippen LogP contribution in [0.4, 0.5) is 5.69 Å². The second kappa shape index (κ2) is 7.92. The minimum absolute atomic E-state index is 0.0517. The van der Waals surface area contributed by atoms with Gasteiger partial charge in [-0.15, -0.1) is 0 Å². The van der Waals surface area contributed by atoms with Crippen molar-refractivity contribution in [2.24, 2.45) is 0 Å². The number of aryl methyl sites for hydroxylation is 1. The summed E-state index contributed by atoms with van der Waals surface area (Å²) in [5.74, 6) is 0.831. The number of benzene rings is 2. The summed E-state index contributed by atoms with van der Waals surface area (Å²) in [6.07, 6.45) is 0.644. The molecule has 0 spiro atoms. The summed E-state index contributed by atoms with van der Waals surface area (Å²) < 4.78 is 5.25. The van der Waals surface area contributed by atoms with E-state index in [1.807, 2.05) is 36.4 Å². The largest absolute Gasteiger partial charge is 0.339 e. The minimum Gasteiger partial charge on any atom is -0.339 e. The molecule has 2 aromatic carbocycles. The number of carbonyl (C=O) groups is 1. The molecule has 27 heavy (non-hydrogen) atoms. The SMILES string of the molecule is CC(C)(C)c1ccccc1NC(=O)CCc1nc(-c2ccc(Cl)cc2)no1. The third-order valence-electron chi connectivity index (χ3n) is 4.15. The van der Waals surface area contributed by atoms with Gasteiger partial charge in [0.15, 0.2) is 0 Å². The van der Waals surface area contributed by atoms with Gasteiger partial charge in [0.25, 0.3) is 0 Å². The molecule has 0 atom stereocenters. The number of nitrogens with zero attached hydrogens (tertiary/aromatic N) is 2. The number of hydrogen-bond acceptors (Lipinski definition) is 4. The molecule has 3 aromatic rings. The Labute approximate surface area is 163 Å². The molecule has 0 aliphatic heterocycles.